The summed E-state index contributed by atoms with van der Waals surface area (Å²) < 4.78 is 10.9. The zero-order chi connectivity index (χ0) is 11.7. The van der Waals surface area contributed by atoms with E-state index in [1.54, 1.807) is 7.11 Å². The van der Waals surface area contributed by atoms with Crippen molar-refractivity contribution < 1.29 is 9.47 Å². The van der Waals surface area contributed by atoms with E-state index in [9.17, 15) is 0 Å². The summed E-state index contributed by atoms with van der Waals surface area (Å²) in [5.41, 5.74) is 0. The van der Waals surface area contributed by atoms with Crippen LogP contribution in [0, 0.1) is 11.8 Å². The molecule has 15 heavy (non-hydrogen) atoms. The zero-order valence-corrected chi connectivity index (χ0v) is 11.1. The molecule has 0 spiro atoms. The van der Waals surface area contributed by atoms with Gasteiger partial charge in [-0.05, 0) is 12.3 Å². The number of hydrogen-bond acceptors (Lipinski definition) is 2. The van der Waals surface area contributed by atoms with Crippen LogP contribution in [0.25, 0.3) is 0 Å². The maximum atomic E-state index is 5.59. The number of rotatable bonds is 9. The Hall–Kier alpha value is -0.0800. The van der Waals surface area contributed by atoms with Gasteiger partial charge >= 0.3 is 0 Å². The van der Waals surface area contributed by atoms with Crippen LogP contribution in [0.4, 0.5) is 0 Å². The predicted octanol–water partition coefficient (Wildman–Crippen LogP) is 3.50. The van der Waals surface area contributed by atoms with Crippen LogP contribution in [0.5, 0.6) is 0 Å². The van der Waals surface area contributed by atoms with Crippen LogP contribution in [0.2, 0.25) is 0 Å². The third kappa shape index (κ3) is 6.16. The summed E-state index contributed by atoms with van der Waals surface area (Å²) in [5.74, 6) is 1.15. The molecule has 0 radical (unpaired) electrons. The quantitative estimate of drug-likeness (QED) is 0.549. The SMILES string of the molecule is CCCCCC(OC)C(COC)C(C)C. The van der Waals surface area contributed by atoms with Gasteiger partial charge in [0.05, 0.1) is 12.7 Å². The molecular formula is C13H28O2. The average Bonchev–Trinajstić information content (AvgIpc) is 2.22. The van der Waals surface area contributed by atoms with Crippen LogP contribution >= 0.6 is 0 Å². The van der Waals surface area contributed by atoms with E-state index in [0.29, 0.717) is 17.9 Å². The minimum Gasteiger partial charge on any atom is -0.384 e. The van der Waals surface area contributed by atoms with Crippen LogP contribution in [0.15, 0.2) is 0 Å². The molecule has 0 aromatic rings. The molecule has 92 valence electrons. The number of unbranched alkanes of at least 4 members (excludes halogenated alkanes) is 2. The molecule has 0 amide bonds. The van der Waals surface area contributed by atoms with E-state index in [-0.39, 0.29) is 0 Å². The lowest BCUT2D eigenvalue weighted by molar-refractivity contribution is -0.0107. The monoisotopic (exact) mass is 216 g/mol. The van der Waals surface area contributed by atoms with Gasteiger partial charge in [0.1, 0.15) is 0 Å². The van der Waals surface area contributed by atoms with Crippen molar-refractivity contribution in [2.45, 2.75) is 52.6 Å². The molecule has 0 N–H and O–H groups in total. The number of ether oxygens (including phenoxy) is 2. The van der Waals surface area contributed by atoms with Gasteiger partial charge in [0.25, 0.3) is 0 Å². The second kappa shape index (κ2) is 9.17. The molecule has 0 bridgehead atoms. The van der Waals surface area contributed by atoms with Crippen molar-refractivity contribution >= 4 is 0 Å². The lowest BCUT2D eigenvalue weighted by Gasteiger charge is -2.28. The molecule has 2 nitrogen and oxygen atoms in total. The van der Waals surface area contributed by atoms with Gasteiger partial charge in [-0.25, -0.2) is 0 Å². The van der Waals surface area contributed by atoms with Crippen molar-refractivity contribution in [3.63, 3.8) is 0 Å². The number of methoxy groups -OCH3 is 2. The van der Waals surface area contributed by atoms with Gasteiger partial charge in [0.2, 0.25) is 0 Å². The molecule has 0 fully saturated rings. The highest BCUT2D eigenvalue weighted by molar-refractivity contribution is 4.73. The molecular weight excluding hydrogens is 188 g/mol. The Bertz CT molecular complexity index is 134. The summed E-state index contributed by atoms with van der Waals surface area (Å²) >= 11 is 0. The maximum absolute atomic E-state index is 5.59. The first-order chi connectivity index (χ1) is 7.17. The molecule has 2 heteroatoms. The molecule has 0 aliphatic rings. The van der Waals surface area contributed by atoms with Gasteiger partial charge in [0.15, 0.2) is 0 Å². The highest BCUT2D eigenvalue weighted by Gasteiger charge is 2.23. The van der Waals surface area contributed by atoms with Crippen LogP contribution < -0.4 is 0 Å². The summed E-state index contributed by atoms with van der Waals surface area (Å²) in [7, 11) is 3.59. The number of hydrogen-bond donors (Lipinski definition) is 0. The van der Waals surface area contributed by atoms with E-state index in [0.717, 1.165) is 13.0 Å². The minimum atomic E-state index is 0.358. The fourth-order valence-electron chi connectivity index (χ4n) is 2.02. The second-order valence-electron chi connectivity index (χ2n) is 4.63. The molecule has 2 atom stereocenters. The van der Waals surface area contributed by atoms with E-state index < -0.39 is 0 Å². The molecule has 0 rings (SSSR count). The van der Waals surface area contributed by atoms with Crippen LogP contribution in [0.1, 0.15) is 46.5 Å². The third-order valence-electron chi connectivity index (χ3n) is 3.09. The molecule has 2 unspecified atom stereocenters. The molecule has 0 aromatic carbocycles. The third-order valence-corrected chi connectivity index (χ3v) is 3.09. The van der Waals surface area contributed by atoms with Gasteiger partial charge in [0, 0.05) is 20.1 Å². The highest BCUT2D eigenvalue weighted by Crippen LogP contribution is 2.22. The Morgan fingerprint density at radius 2 is 1.73 bits per heavy atom. The summed E-state index contributed by atoms with van der Waals surface area (Å²) in [6.45, 7) is 7.53. The summed E-state index contributed by atoms with van der Waals surface area (Å²) in [6, 6.07) is 0. The maximum Gasteiger partial charge on any atom is 0.0623 e. The van der Waals surface area contributed by atoms with Crippen LogP contribution in [-0.4, -0.2) is 26.9 Å². The molecule has 0 aromatic heterocycles. The van der Waals surface area contributed by atoms with Crippen molar-refractivity contribution in [3.8, 4) is 0 Å². The molecule has 0 aliphatic heterocycles. The lowest BCUT2D eigenvalue weighted by atomic mass is 9.88. The van der Waals surface area contributed by atoms with E-state index >= 15 is 0 Å². The molecule has 0 saturated heterocycles. The summed E-state index contributed by atoms with van der Waals surface area (Å²) in [5, 5.41) is 0. The Kier molecular flexibility index (Phi) is 9.12. The molecule has 0 heterocycles. The van der Waals surface area contributed by atoms with Crippen molar-refractivity contribution in [1.82, 2.24) is 0 Å². The van der Waals surface area contributed by atoms with Crippen LogP contribution in [0.3, 0.4) is 0 Å². The zero-order valence-electron chi connectivity index (χ0n) is 11.1. The smallest absolute Gasteiger partial charge is 0.0623 e. The first kappa shape index (κ1) is 14.9. The van der Waals surface area contributed by atoms with Crippen molar-refractivity contribution in [1.29, 1.82) is 0 Å². The minimum absolute atomic E-state index is 0.358. The fraction of sp³-hybridized carbons (Fsp3) is 1.00. The first-order valence-corrected chi connectivity index (χ1v) is 6.19. The topological polar surface area (TPSA) is 18.5 Å². The normalized spacial score (nSPS) is 15.6. The van der Waals surface area contributed by atoms with Crippen molar-refractivity contribution in [3.05, 3.63) is 0 Å². The molecule has 0 saturated carbocycles. The van der Waals surface area contributed by atoms with Crippen molar-refractivity contribution in [2.24, 2.45) is 11.8 Å². The highest BCUT2D eigenvalue weighted by atomic mass is 16.5. The van der Waals surface area contributed by atoms with E-state index in [1.807, 2.05) is 7.11 Å². The van der Waals surface area contributed by atoms with Gasteiger partial charge in [-0.1, -0.05) is 40.0 Å². The first-order valence-electron chi connectivity index (χ1n) is 6.19. The summed E-state index contributed by atoms with van der Waals surface area (Å²) in [4.78, 5) is 0. The Labute approximate surface area is 95.3 Å². The van der Waals surface area contributed by atoms with E-state index in [4.69, 9.17) is 9.47 Å². The van der Waals surface area contributed by atoms with Gasteiger partial charge < -0.3 is 9.47 Å². The average molecular weight is 216 g/mol. The van der Waals surface area contributed by atoms with Gasteiger partial charge in [-0.3, -0.25) is 0 Å². The van der Waals surface area contributed by atoms with Crippen molar-refractivity contribution in [2.75, 3.05) is 20.8 Å². The second-order valence-corrected chi connectivity index (χ2v) is 4.63. The van der Waals surface area contributed by atoms with E-state index in [1.165, 1.54) is 19.3 Å². The van der Waals surface area contributed by atoms with Gasteiger partial charge in [-0.15, -0.1) is 0 Å². The predicted molar refractivity (Wildman–Crippen MR) is 65.1 cm³/mol. The van der Waals surface area contributed by atoms with Crippen LogP contribution in [-0.2, 0) is 9.47 Å². The molecule has 0 aliphatic carbocycles. The standard InChI is InChI=1S/C13H28O2/c1-6-7-8-9-13(15-5)12(10-14-4)11(2)3/h11-13H,6-10H2,1-5H3. The lowest BCUT2D eigenvalue weighted by Crippen LogP contribution is -2.30. The fourth-order valence-corrected chi connectivity index (χ4v) is 2.02. The Morgan fingerprint density at radius 3 is 2.13 bits per heavy atom. The summed E-state index contributed by atoms with van der Waals surface area (Å²) in [6.07, 6.45) is 5.36. The Morgan fingerprint density at radius 1 is 1.07 bits per heavy atom. The van der Waals surface area contributed by atoms with E-state index in [2.05, 4.69) is 20.8 Å². The Balaban J connectivity index is 4.06. The van der Waals surface area contributed by atoms with Gasteiger partial charge in [-0.2, -0.15) is 0 Å². The largest absolute Gasteiger partial charge is 0.384 e.